The average Bonchev–Trinajstić information content (AvgIpc) is 3.73. The van der Waals surface area contributed by atoms with Crippen molar-refractivity contribution in [2.24, 2.45) is 5.73 Å². The standard InChI is InChI=1S/C27H28ClF3N8O4/c28-19-4-1-3-15(22(19)29)10-33-20(40)12-38(17-5-6-17)21(41)13-39-25-18(23(36-39)24(32)42)9-16(11-34-25)35-26(43)37-8-2-7-27(30,31)14-37/h1,3-4,9,11,17H,2,5-8,10,12-14H2,(H2,32,42)(H,33,40)(H,35,43). The van der Waals surface area contributed by atoms with Crippen molar-refractivity contribution < 1.29 is 32.3 Å². The Hall–Kier alpha value is -4.40. The van der Waals surface area contributed by atoms with Crippen LogP contribution in [-0.4, -0.2) is 79.9 Å². The molecule has 43 heavy (non-hydrogen) atoms. The number of piperidine rings is 1. The number of urea groups is 1. The third kappa shape index (κ3) is 6.98. The molecule has 0 unspecified atom stereocenters. The van der Waals surface area contributed by atoms with Crippen LogP contribution in [0.25, 0.3) is 11.0 Å². The summed E-state index contributed by atoms with van der Waals surface area (Å²) in [5.74, 6) is -5.51. The molecule has 2 aliphatic rings. The van der Waals surface area contributed by atoms with Crippen LogP contribution in [0.15, 0.2) is 30.5 Å². The number of primary amides is 1. The minimum absolute atomic E-state index is 0.0712. The first kappa shape index (κ1) is 30.1. The highest BCUT2D eigenvalue weighted by atomic mass is 35.5. The van der Waals surface area contributed by atoms with E-state index in [9.17, 15) is 32.3 Å². The number of pyridine rings is 1. The summed E-state index contributed by atoms with van der Waals surface area (Å²) >= 11 is 5.79. The van der Waals surface area contributed by atoms with Crippen LogP contribution in [-0.2, 0) is 22.7 Å². The van der Waals surface area contributed by atoms with Gasteiger partial charge in [0, 0.05) is 31.1 Å². The number of fused-ring (bicyclic) bond motifs is 1. The Morgan fingerprint density at radius 2 is 1.98 bits per heavy atom. The molecule has 1 aliphatic heterocycles. The summed E-state index contributed by atoms with van der Waals surface area (Å²) in [6, 6.07) is 4.89. The molecular weight excluding hydrogens is 593 g/mol. The van der Waals surface area contributed by atoms with Crippen molar-refractivity contribution in [3.63, 3.8) is 0 Å². The molecule has 2 aromatic heterocycles. The summed E-state index contributed by atoms with van der Waals surface area (Å²) in [4.78, 5) is 57.3. The largest absolute Gasteiger partial charge is 0.364 e. The molecule has 1 aromatic carbocycles. The maximum atomic E-state index is 14.2. The lowest BCUT2D eigenvalue weighted by atomic mass is 10.1. The highest BCUT2D eigenvalue weighted by Crippen LogP contribution is 2.29. The molecular formula is C27H28ClF3N8O4. The molecule has 228 valence electrons. The van der Waals surface area contributed by atoms with Crippen LogP contribution in [0, 0.1) is 5.82 Å². The summed E-state index contributed by atoms with van der Waals surface area (Å²) in [6.07, 6.45) is 2.49. The Balaban J connectivity index is 1.28. The van der Waals surface area contributed by atoms with Gasteiger partial charge in [0.2, 0.25) is 11.8 Å². The number of anilines is 1. The lowest BCUT2D eigenvalue weighted by Gasteiger charge is -2.32. The van der Waals surface area contributed by atoms with E-state index in [4.69, 9.17) is 17.3 Å². The number of nitrogens with two attached hydrogens (primary N) is 1. The van der Waals surface area contributed by atoms with Crippen LogP contribution in [0.3, 0.4) is 0 Å². The van der Waals surface area contributed by atoms with Crippen LogP contribution >= 0.6 is 11.6 Å². The summed E-state index contributed by atoms with van der Waals surface area (Å²) in [6.45, 7) is -1.33. The third-order valence-corrected chi connectivity index (χ3v) is 7.46. The Morgan fingerprint density at radius 1 is 1.21 bits per heavy atom. The number of rotatable bonds is 9. The number of carbonyl (C=O) groups excluding carboxylic acids is 4. The van der Waals surface area contributed by atoms with Gasteiger partial charge in [0.05, 0.1) is 35.4 Å². The highest BCUT2D eigenvalue weighted by molar-refractivity contribution is 6.30. The van der Waals surface area contributed by atoms with Gasteiger partial charge in [0.15, 0.2) is 11.3 Å². The number of halogens is 4. The fourth-order valence-corrected chi connectivity index (χ4v) is 5.07. The van der Waals surface area contributed by atoms with Gasteiger partial charge < -0.3 is 26.2 Å². The van der Waals surface area contributed by atoms with Gasteiger partial charge >= 0.3 is 6.03 Å². The number of benzene rings is 1. The number of nitrogens with zero attached hydrogens (tertiary/aromatic N) is 5. The fraction of sp³-hybridized carbons (Fsp3) is 0.407. The second-order valence-corrected chi connectivity index (χ2v) is 10.9. The maximum Gasteiger partial charge on any atom is 0.322 e. The Bertz CT molecular complexity index is 1600. The van der Waals surface area contributed by atoms with E-state index >= 15 is 0 Å². The molecule has 0 atom stereocenters. The van der Waals surface area contributed by atoms with Crippen molar-refractivity contribution >= 4 is 52.1 Å². The van der Waals surface area contributed by atoms with Gasteiger partial charge in [-0.2, -0.15) is 5.10 Å². The van der Waals surface area contributed by atoms with Gasteiger partial charge in [-0.25, -0.2) is 27.6 Å². The zero-order valence-corrected chi connectivity index (χ0v) is 23.5. The van der Waals surface area contributed by atoms with Crippen LogP contribution < -0.4 is 16.4 Å². The minimum Gasteiger partial charge on any atom is -0.364 e. The molecule has 0 bridgehead atoms. The van der Waals surface area contributed by atoms with E-state index in [1.807, 2.05) is 0 Å². The van der Waals surface area contributed by atoms with E-state index in [-0.39, 0.29) is 78.1 Å². The summed E-state index contributed by atoms with van der Waals surface area (Å²) < 4.78 is 42.9. The van der Waals surface area contributed by atoms with Gasteiger partial charge in [-0.1, -0.05) is 23.7 Å². The van der Waals surface area contributed by atoms with E-state index in [1.165, 1.54) is 34.0 Å². The number of alkyl halides is 2. The average molecular weight is 621 g/mol. The van der Waals surface area contributed by atoms with Crippen LogP contribution in [0.2, 0.25) is 5.02 Å². The van der Waals surface area contributed by atoms with Gasteiger partial charge in [-0.3, -0.25) is 14.4 Å². The second-order valence-electron chi connectivity index (χ2n) is 10.5. The molecule has 5 rings (SSSR count). The highest BCUT2D eigenvalue weighted by Gasteiger charge is 2.37. The summed E-state index contributed by atoms with van der Waals surface area (Å²) in [5, 5.41) is 9.31. The van der Waals surface area contributed by atoms with E-state index < -0.39 is 42.0 Å². The number of nitrogens with one attached hydrogen (secondary N) is 2. The molecule has 2 fully saturated rings. The van der Waals surface area contributed by atoms with Crippen molar-refractivity contribution in [3.05, 3.63) is 52.6 Å². The first-order valence-electron chi connectivity index (χ1n) is 13.5. The van der Waals surface area contributed by atoms with E-state index in [0.29, 0.717) is 12.8 Å². The first-order chi connectivity index (χ1) is 20.4. The maximum absolute atomic E-state index is 14.2. The Labute approximate surface area is 248 Å². The molecule has 3 aromatic rings. The predicted molar refractivity (Wildman–Crippen MR) is 149 cm³/mol. The normalized spacial score (nSPS) is 16.1. The predicted octanol–water partition coefficient (Wildman–Crippen LogP) is 2.89. The lowest BCUT2D eigenvalue weighted by molar-refractivity contribution is -0.137. The van der Waals surface area contributed by atoms with E-state index in [1.54, 1.807) is 6.07 Å². The molecule has 0 radical (unpaired) electrons. The van der Waals surface area contributed by atoms with Gasteiger partial charge in [-0.05, 0) is 31.4 Å². The number of hydrogen-bond donors (Lipinski definition) is 3. The fourth-order valence-electron chi connectivity index (χ4n) is 4.88. The summed E-state index contributed by atoms with van der Waals surface area (Å²) in [5.41, 5.74) is 5.72. The molecule has 16 heteroatoms. The number of aromatic nitrogens is 3. The number of likely N-dealkylation sites (tertiary alicyclic amines) is 1. The van der Waals surface area contributed by atoms with Crippen LogP contribution in [0.5, 0.6) is 0 Å². The molecule has 1 aliphatic carbocycles. The monoisotopic (exact) mass is 620 g/mol. The van der Waals surface area contributed by atoms with Crippen molar-refractivity contribution in [2.45, 2.75) is 50.7 Å². The molecule has 4 N–H and O–H groups in total. The van der Waals surface area contributed by atoms with Crippen molar-refractivity contribution in [1.29, 1.82) is 0 Å². The van der Waals surface area contributed by atoms with Crippen molar-refractivity contribution in [3.8, 4) is 0 Å². The first-order valence-corrected chi connectivity index (χ1v) is 13.9. The van der Waals surface area contributed by atoms with Crippen LogP contribution in [0.4, 0.5) is 23.7 Å². The van der Waals surface area contributed by atoms with Crippen molar-refractivity contribution in [2.75, 3.05) is 25.0 Å². The topological polar surface area (TPSA) is 156 Å². The summed E-state index contributed by atoms with van der Waals surface area (Å²) in [7, 11) is 0. The molecule has 5 amide bonds. The van der Waals surface area contributed by atoms with Gasteiger partial charge in [0.1, 0.15) is 12.4 Å². The second kappa shape index (κ2) is 12.1. The minimum atomic E-state index is -2.98. The Morgan fingerprint density at radius 3 is 2.67 bits per heavy atom. The number of carbonyl (C=O) groups is 4. The zero-order chi connectivity index (χ0) is 30.9. The lowest BCUT2D eigenvalue weighted by Crippen LogP contribution is -2.47. The zero-order valence-electron chi connectivity index (χ0n) is 22.8. The molecule has 1 saturated heterocycles. The number of amides is 5. The molecule has 0 spiro atoms. The van der Waals surface area contributed by atoms with Gasteiger partial charge in [0.25, 0.3) is 11.8 Å². The van der Waals surface area contributed by atoms with Crippen LogP contribution in [0.1, 0.15) is 41.7 Å². The smallest absolute Gasteiger partial charge is 0.322 e. The molecule has 3 heterocycles. The van der Waals surface area contributed by atoms with E-state index in [0.717, 1.165) is 4.90 Å². The third-order valence-electron chi connectivity index (χ3n) is 7.17. The van der Waals surface area contributed by atoms with E-state index in [2.05, 4.69) is 20.7 Å². The van der Waals surface area contributed by atoms with Crippen molar-refractivity contribution in [1.82, 2.24) is 29.9 Å². The molecule has 1 saturated carbocycles. The number of hydrogen-bond acceptors (Lipinski definition) is 6. The quantitative estimate of drug-likeness (QED) is 0.334. The molecule has 12 nitrogen and oxygen atoms in total. The Kier molecular flexibility index (Phi) is 8.44. The van der Waals surface area contributed by atoms with Gasteiger partial charge in [-0.15, -0.1) is 0 Å². The SMILES string of the molecule is NC(=O)c1nn(CC(=O)N(CC(=O)NCc2cccc(Cl)c2F)C2CC2)c2ncc(NC(=O)N3CCCC(F)(F)C3)cc12.